The zero-order chi connectivity index (χ0) is 17.3. The summed E-state index contributed by atoms with van der Waals surface area (Å²) in [5.74, 6) is -0.0621. The van der Waals surface area contributed by atoms with Crippen LogP contribution < -0.4 is 10.6 Å². The van der Waals surface area contributed by atoms with Crippen LogP contribution in [0.3, 0.4) is 0 Å². The Labute approximate surface area is 150 Å². The first-order chi connectivity index (χ1) is 12.3. The first kappa shape index (κ1) is 17.5. The number of anilines is 1. The number of aromatic nitrogens is 1. The summed E-state index contributed by atoms with van der Waals surface area (Å²) in [7, 11) is 0. The highest BCUT2D eigenvalue weighted by atomic mass is 16.1. The maximum atomic E-state index is 12.4. The minimum Gasteiger partial charge on any atom is -0.381 e. The molecule has 0 aliphatic heterocycles. The van der Waals surface area contributed by atoms with E-state index in [4.69, 9.17) is 0 Å². The van der Waals surface area contributed by atoms with Crippen molar-refractivity contribution in [3.05, 3.63) is 59.9 Å². The second kappa shape index (κ2) is 9.21. The molecule has 0 saturated heterocycles. The van der Waals surface area contributed by atoms with Crippen LogP contribution in [0.5, 0.6) is 0 Å². The largest absolute Gasteiger partial charge is 0.381 e. The molecule has 1 aliphatic rings. The van der Waals surface area contributed by atoms with Gasteiger partial charge in [-0.1, -0.05) is 56.0 Å². The molecular formula is C21H27N3O. The molecule has 1 heterocycles. The van der Waals surface area contributed by atoms with Gasteiger partial charge in [-0.15, -0.1) is 0 Å². The number of hydrogen-bond acceptors (Lipinski definition) is 3. The molecule has 0 bridgehead atoms. The van der Waals surface area contributed by atoms with Crippen LogP contribution in [0.25, 0.3) is 0 Å². The Bertz CT molecular complexity index is 664. The van der Waals surface area contributed by atoms with Crippen molar-refractivity contribution in [2.45, 2.75) is 51.0 Å². The van der Waals surface area contributed by atoms with Crippen LogP contribution in [-0.4, -0.2) is 23.5 Å². The van der Waals surface area contributed by atoms with Crippen LogP contribution >= 0.6 is 0 Å². The SMILES string of the molecule is O=C(NCCc1ccccc1)c1cncc(NC2CCCCCC2)c1. The van der Waals surface area contributed by atoms with Gasteiger partial charge in [-0.05, 0) is 30.9 Å². The Morgan fingerprint density at radius 3 is 2.56 bits per heavy atom. The molecule has 0 radical (unpaired) electrons. The summed E-state index contributed by atoms with van der Waals surface area (Å²) in [6, 6.07) is 12.6. The lowest BCUT2D eigenvalue weighted by molar-refractivity contribution is 0.0954. The number of nitrogens with zero attached hydrogens (tertiary/aromatic N) is 1. The van der Waals surface area contributed by atoms with Crippen LogP contribution in [0.4, 0.5) is 5.69 Å². The zero-order valence-corrected chi connectivity index (χ0v) is 14.7. The monoisotopic (exact) mass is 337 g/mol. The fraction of sp³-hybridized carbons (Fsp3) is 0.429. The van der Waals surface area contributed by atoms with Crippen molar-refractivity contribution < 1.29 is 4.79 Å². The maximum Gasteiger partial charge on any atom is 0.252 e. The summed E-state index contributed by atoms with van der Waals surface area (Å²) in [5.41, 5.74) is 2.79. The molecule has 1 aromatic carbocycles. The average Bonchev–Trinajstić information content (AvgIpc) is 2.91. The number of pyridine rings is 1. The van der Waals surface area contributed by atoms with Crippen molar-refractivity contribution >= 4 is 11.6 Å². The third kappa shape index (κ3) is 5.59. The van der Waals surface area contributed by atoms with Crippen LogP contribution in [0.15, 0.2) is 48.8 Å². The van der Waals surface area contributed by atoms with Gasteiger partial charge in [-0.3, -0.25) is 9.78 Å². The number of carbonyl (C=O) groups excluding carboxylic acids is 1. The van der Waals surface area contributed by atoms with Crippen LogP contribution in [0.2, 0.25) is 0 Å². The van der Waals surface area contributed by atoms with E-state index in [9.17, 15) is 4.79 Å². The Hall–Kier alpha value is -2.36. The van der Waals surface area contributed by atoms with Crippen molar-refractivity contribution in [3.63, 3.8) is 0 Å². The third-order valence-electron chi connectivity index (χ3n) is 4.77. The first-order valence-corrected chi connectivity index (χ1v) is 9.35. The van der Waals surface area contributed by atoms with Gasteiger partial charge in [0.15, 0.2) is 0 Å². The Morgan fingerprint density at radius 2 is 1.80 bits per heavy atom. The van der Waals surface area contributed by atoms with Crippen molar-refractivity contribution in [1.82, 2.24) is 10.3 Å². The molecule has 0 unspecified atom stereocenters. The van der Waals surface area contributed by atoms with E-state index in [1.54, 1.807) is 6.20 Å². The first-order valence-electron chi connectivity index (χ1n) is 9.35. The van der Waals surface area contributed by atoms with Gasteiger partial charge in [0.1, 0.15) is 0 Å². The lowest BCUT2D eigenvalue weighted by Crippen LogP contribution is -2.26. The molecule has 4 nitrogen and oxygen atoms in total. The van der Waals surface area contributed by atoms with Crippen molar-refractivity contribution in [3.8, 4) is 0 Å². The van der Waals surface area contributed by atoms with E-state index in [1.165, 1.54) is 44.1 Å². The van der Waals surface area contributed by atoms with E-state index in [0.29, 0.717) is 18.2 Å². The third-order valence-corrected chi connectivity index (χ3v) is 4.77. The number of amides is 1. The fourth-order valence-electron chi connectivity index (χ4n) is 3.37. The lowest BCUT2D eigenvalue weighted by Gasteiger charge is -2.17. The molecule has 4 heteroatoms. The molecule has 1 saturated carbocycles. The van der Waals surface area contributed by atoms with E-state index < -0.39 is 0 Å². The van der Waals surface area contributed by atoms with E-state index in [0.717, 1.165) is 12.1 Å². The maximum absolute atomic E-state index is 12.4. The summed E-state index contributed by atoms with van der Waals surface area (Å²) in [6.45, 7) is 0.628. The van der Waals surface area contributed by atoms with Gasteiger partial charge >= 0.3 is 0 Å². The highest BCUT2D eigenvalue weighted by molar-refractivity contribution is 5.94. The number of rotatable bonds is 6. The molecular weight excluding hydrogens is 310 g/mol. The molecule has 2 aromatic rings. The highest BCUT2D eigenvalue weighted by Crippen LogP contribution is 2.21. The van der Waals surface area contributed by atoms with Crippen molar-refractivity contribution in [1.29, 1.82) is 0 Å². The number of nitrogens with one attached hydrogen (secondary N) is 2. The standard InChI is InChI=1S/C21H27N3O/c25-21(23-13-12-17-8-4-3-5-9-17)18-14-20(16-22-15-18)24-19-10-6-1-2-7-11-19/h3-5,8-9,14-16,19,24H,1-2,6-7,10-13H2,(H,23,25). The minimum atomic E-state index is -0.0621. The summed E-state index contributed by atoms with van der Waals surface area (Å²) < 4.78 is 0. The van der Waals surface area contributed by atoms with E-state index in [-0.39, 0.29) is 5.91 Å². The highest BCUT2D eigenvalue weighted by Gasteiger charge is 2.13. The number of carbonyl (C=O) groups is 1. The van der Waals surface area contributed by atoms with Gasteiger partial charge in [0.25, 0.3) is 5.91 Å². The number of hydrogen-bond donors (Lipinski definition) is 2. The molecule has 3 rings (SSSR count). The average molecular weight is 337 g/mol. The van der Waals surface area contributed by atoms with Crippen molar-refractivity contribution in [2.75, 3.05) is 11.9 Å². The Kier molecular flexibility index (Phi) is 6.43. The van der Waals surface area contributed by atoms with E-state index >= 15 is 0 Å². The lowest BCUT2D eigenvalue weighted by atomic mass is 10.1. The molecule has 1 aromatic heterocycles. The minimum absolute atomic E-state index is 0.0621. The predicted molar refractivity (Wildman–Crippen MR) is 102 cm³/mol. The topological polar surface area (TPSA) is 54.0 Å². The normalized spacial score (nSPS) is 15.4. The predicted octanol–water partition coefficient (Wildman–Crippen LogP) is 4.19. The smallest absolute Gasteiger partial charge is 0.252 e. The summed E-state index contributed by atoms with van der Waals surface area (Å²) in [5, 5.41) is 6.54. The Morgan fingerprint density at radius 1 is 1.04 bits per heavy atom. The molecule has 25 heavy (non-hydrogen) atoms. The second-order valence-corrected chi connectivity index (χ2v) is 6.79. The zero-order valence-electron chi connectivity index (χ0n) is 14.7. The molecule has 1 aliphatic carbocycles. The van der Waals surface area contributed by atoms with Gasteiger partial charge in [-0.25, -0.2) is 0 Å². The molecule has 2 N–H and O–H groups in total. The van der Waals surface area contributed by atoms with Crippen LogP contribution in [0.1, 0.15) is 54.4 Å². The summed E-state index contributed by atoms with van der Waals surface area (Å²) in [4.78, 5) is 16.6. The van der Waals surface area contributed by atoms with Gasteiger partial charge in [0, 0.05) is 25.0 Å². The number of benzene rings is 1. The fourth-order valence-corrected chi connectivity index (χ4v) is 3.37. The van der Waals surface area contributed by atoms with Crippen LogP contribution in [0, 0.1) is 0 Å². The summed E-state index contributed by atoms with van der Waals surface area (Å²) >= 11 is 0. The molecule has 0 atom stereocenters. The molecule has 1 amide bonds. The molecule has 132 valence electrons. The molecule has 1 fully saturated rings. The van der Waals surface area contributed by atoms with Crippen molar-refractivity contribution in [2.24, 2.45) is 0 Å². The second-order valence-electron chi connectivity index (χ2n) is 6.79. The Balaban J connectivity index is 1.52. The van der Waals surface area contributed by atoms with Gasteiger partial charge in [-0.2, -0.15) is 0 Å². The van der Waals surface area contributed by atoms with E-state index in [2.05, 4.69) is 27.8 Å². The van der Waals surface area contributed by atoms with Gasteiger partial charge < -0.3 is 10.6 Å². The van der Waals surface area contributed by atoms with Gasteiger partial charge in [0.2, 0.25) is 0 Å². The van der Waals surface area contributed by atoms with Gasteiger partial charge in [0.05, 0.1) is 11.3 Å². The molecule has 0 spiro atoms. The summed E-state index contributed by atoms with van der Waals surface area (Å²) in [6.07, 6.45) is 11.9. The van der Waals surface area contributed by atoms with E-state index in [1.807, 2.05) is 30.5 Å². The quantitative estimate of drug-likeness (QED) is 0.777. The van der Waals surface area contributed by atoms with Crippen LogP contribution in [-0.2, 0) is 6.42 Å².